The number of fused-ring (bicyclic) bond motifs is 3. The van der Waals surface area contributed by atoms with Gasteiger partial charge in [0.05, 0.1) is 29.1 Å². The fraction of sp³-hybridized carbons (Fsp3) is 0.273. The minimum Gasteiger partial charge on any atom is -0.497 e. The second-order valence-electron chi connectivity index (χ2n) is 7.14. The van der Waals surface area contributed by atoms with Crippen LogP contribution in [-0.2, 0) is 4.74 Å². The number of nitrogens with zero attached hydrogens (tertiary/aromatic N) is 2. The predicted molar refractivity (Wildman–Crippen MR) is 114 cm³/mol. The van der Waals surface area contributed by atoms with Crippen LogP contribution in [0.4, 0.5) is 0 Å². The highest BCUT2D eigenvalue weighted by Crippen LogP contribution is 2.31. The van der Waals surface area contributed by atoms with Crippen molar-refractivity contribution in [1.82, 2.24) is 14.7 Å². The first-order valence-corrected chi connectivity index (χ1v) is 10.5. The van der Waals surface area contributed by atoms with Crippen LogP contribution < -0.4 is 10.1 Å². The standard InChI is InChI=1S/C22H21N3O3S/c1-27-16-5-2-4-14(10-16)18-13-25-19-8-7-15(11-20(19)29-22(25)24-18)21(26)23-12-17-6-3-9-28-17/h2,4-5,7-8,10-11,13,17H,3,6,9,12H2,1H3,(H,23,26)/t17-/m0/s1. The summed E-state index contributed by atoms with van der Waals surface area (Å²) in [4.78, 5) is 18.2. The molecule has 0 aliphatic carbocycles. The number of carbonyl (C=O) groups excluding carboxylic acids is 1. The Morgan fingerprint density at radius 3 is 3.10 bits per heavy atom. The molecule has 5 rings (SSSR count). The van der Waals surface area contributed by atoms with Crippen molar-refractivity contribution in [3.63, 3.8) is 0 Å². The fourth-order valence-electron chi connectivity index (χ4n) is 3.68. The fourth-order valence-corrected chi connectivity index (χ4v) is 4.72. The molecule has 4 aromatic rings. The summed E-state index contributed by atoms with van der Waals surface area (Å²) in [5.41, 5.74) is 3.62. The zero-order chi connectivity index (χ0) is 19.8. The van der Waals surface area contributed by atoms with Crippen molar-refractivity contribution in [3.8, 4) is 17.0 Å². The molecule has 6 nitrogen and oxygen atoms in total. The summed E-state index contributed by atoms with van der Waals surface area (Å²) in [6, 6.07) is 13.7. The number of carbonyl (C=O) groups is 1. The molecule has 29 heavy (non-hydrogen) atoms. The van der Waals surface area contributed by atoms with E-state index in [1.165, 1.54) is 0 Å². The van der Waals surface area contributed by atoms with E-state index < -0.39 is 0 Å². The van der Waals surface area contributed by atoms with E-state index >= 15 is 0 Å². The topological polar surface area (TPSA) is 64.9 Å². The average Bonchev–Trinajstić information content (AvgIpc) is 3.47. The van der Waals surface area contributed by atoms with Gasteiger partial charge in [-0.25, -0.2) is 4.98 Å². The van der Waals surface area contributed by atoms with Crippen molar-refractivity contribution in [2.24, 2.45) is 0 Å². The van der Waals surface area contributed by atoms with Crippen LogP contribution in [0.1, 0.15) is 23.2 Å². The van der Waals surface area contributed by atoms with Crippen molar-refractivity contribution < 1.29 is 14.3 Å². The highest BCUT2D eigenvalue weighted by atomic mass is 32.1. The minimum atomic E-state index is -0.0643. The molecule has 2 aromatic carbocycles. The summed E-state index contributed by atoms with van der Waals surface area (Å²) in [5, 5.41) is 2.98. The number of methoxy groups -OCH3 is 1. The Bertz CT molecular complexity index is 1190. The number of rotatable bonds is 5. The van der Waals surface area contributed by atoms with E-state index in [0.29, 0.717) is 12.1 Å². The van der Waals surface area contributed by atoms with Crippen LogP contribution in [-0.4, -0.2) is 41.7 Å². The molecule has 0 bridgehead atoms. The maximum atomic E-state index is 12.5. The van der Waals surface area contributed by atoms with Gasteiger partial charge in [-0.15, -0.1) is 0 Å². The molecule has 1 aliphatic heterocycles. The Labute approximate surface area is 172 Å². The number of hydrogen-bond acceptors (Lipinski definition) is 5. The molecule has 3 heterocycles. The molecular formula is C22H21N3O3S. The van der Waals surface area contributed by atoms with Gasteiger partial charge in [0, 0.05) is 30.5 Å². The van der Waals surface area contributed by atoms with Gasteiger partial charge in [0.2, 0.25) is 0 Å². The maximum absolute atomic E-state index is 12.5. The zero-order valence-corrected chi connectivity index (χ0v) is 16.9. The predicted octanol–water partition coefficient (Wildman–Crippen LogP) is 4.13. The molecule has 148 valence electrons. The number of ether oxygens (including phenoxy) is 2. The first-order chi connectivity index (χ1) is 14.2. The van der Waals surface area contributed by atoms with Crippen LogP contribution in [0.15, 0.2) is 48.7 Å². The average molecular weight is 407 g/mol. The molecule has 1 fully saturated rings. The van der Waals surface area contributed by atoms with Crippen LogP contribution in [0.3, 0.4) is 0 Å². The Morgan fingerprint density at radius 2 is 2.28 bits per heavy atom. The summed E-state index contributed by atoms with van der Waals surface area (Å²) < 4.78 is 14.0. The van der Waals surface area contributed by atoms with Gasteiger partial charge in [-0.3, -0.25) is 9.20 Å². The number of amides is 1. The molecule has 0 unspecified atom stereocenters. The van der Waals surface area contributed by atoms with Crippen LogP contribution in [0.25, 0.3) is 26.4 Å². The lowest BCUT2D eigenvalue weighted by atomic mass is 10.1. The highest BCUT2D eigenvalue weighted by molar-refractivity contribution is 7.23. The molecule has 1 atom stereocenters. The first kappa shape index (κ1) is 18.1. The van der Waals surface area contributed by atoms with Crippen molar-refractivity contribution >= 4 is 32.4 Å². The van der Waals surface area contributed by atoms with E-state index in [2.05, 4.69) is 9.72 Å². The maximum Gasteiger partial charge on any atom is 0.251 e. The molecule has 7 heteroatoms. The van der Waals surface area contributed by atoms with Gasteiger partial charge in [-0.05, 0) is 43.2 Å². The molecule has 0 saturated carbocycles. The van der Waals surface area contributed by atoms with Gasteiger partial charge in [0.1, 0.15) is 5.75 Å². The Balaban J connectivity index is 1.41. The van der Waals surface area contributed by atoms with Crippen LogP contribution in [0.2, 0.25) is 0 Å². The third-order valence-electron chi connectivity index (χ3n) is 5.24. The molecule has 1 N–H and O–H groups in total. The van der Waals surface area contributed by atoms with Crippen molar-refractivity contribution in [1.29, 1.82) is 0 Å². The van der Waals surface area contributed by atoms with Crippen molar-refractivity contribution in [2.75, 3.05) is 20.3 Å². The summed E-state index contributed by atoms with van der Waals surface area (Å²) in [6.07, 6.45) is 4.25. The van der Waals surface area contributed by atoms with E-state index in [4.69, 9.17) is 14.5 Å². The summed E-state index contributed by atoms with van der Waals surface area (Å²) >= 11 is 1.58. The molecule has 1 aliphatic rings. The van der Waals surface area contributed by atoms with Gasteiger partial charge < -0.3 is 14.8 Å². The number of hydrogen-bond donors (Lipinski definition) is 1. The smallest absolute Gasteiger partial charge is 0.251 e. The van der Waals surface area contributed by atoms with Crippen molar-refractivity contribution in [2.45, 2.75) is 18.9 Å². The lowest BCUT2D eigenvalue weighted by molar-refractivity contribution is 0.0858. The van der Waals surface area contributed by atoms with Crippen molar-refractivity contribution in [3.05, 3.63) is 54.2 Å². The van der Waals surface area contributed by atoms with Gasteiger partial charge >= 0.3 is 0 Å². The minimum absolute atomic E-state index is 0.0643. The SMILES string of the molecule is COc1cccc(-c2cn3c(n2)sc2cc(C(=O)NC[C@@H]4CCCO4)ccc23)c1. The molecule has 0 spiro atoms. The summed E-state index contributed by atoms with van der Waals surface area (Å²) in [5.74, 6) is 0.743. The van der Waals surface area contributed by atoms with E-state index in [0.717, 1.165) is 51.6 Å². The van der Waals surface area contributed by atoms with Gasteiger partial charge in [-0.1, -0.05) is 23.5 Å². The molecule has 0 radical (unpaired) electrons. The van der Waals surface area contributed by atoms with E-state index in [9.17, 15) is 4.79 Å². The molecule has 1 amide bonds. The second-order valence-corrected chi connectivity index (χ2v) is 8.15. The van der Waals surface area contributed by atoms with Crippen LogP contribution >= 0.6 is 11.3 Å². The van der Waals surface area contributed by atoms with Crippen LogP contribution in [0, 0.1) is 0 Å². The number of nitrogens with one attached hydrogen (secondary N) is 1. The molecular weight excluding hydrogens is 386 g/mol. The van der Waals surface area contributed by atoms with Gasteiger partial charge in [0.15, 0.2) is 4.96 Å². The molecule has 1 saturated heterocycles. The largest absolute Gasteiger partial charge is 0.497 e. The lowest BCUT2D eigenvalue weighted by Gasteiger charge is -2.10. The summed E-state index contributed by atoms with van der Waals surface area (Å²) in [7, 11) is 1.66. The van der Waals surface area contributed by atoms with Gasteiger partial charge in [0.25, 0.3) is 5.91 Å². The Morgan fingerprint density at radius 1 is 1.34 bits per heavy atom. The number of aromatic nitrogens is 2. The summed E-state index contributed by atoms with van der Waals surface area (Å²) in [6.45, 7) is 1.35. The number of thiazole rings is 1. The molecule has 2 aromatic heterocycles. The third kappa shape index (κ3) is 3.47. The van der Waals surface area contributed by atoms with Gasteiger partial charge in [-0.2, -0.15) is 0 Å². The lowest BCUT2D eigenvalue weighted by Crippen LogP contribution is -2.31. The van der Waals surface area contributed by atoms with Crippen LogP contribution in [0.5, 0.6) is 5.75 Å². The van der Waals surface area contributed by atoms with E-state index in [-0.39, 0.29) is 12.0 Å². The van der Waals surface area contributed by atoms with E-state index in [1.807, 2.05) is 48.7 Å². The zero-order valence-electron chi connectivity index (χ0n) is 16.1. The Hall–Kier alpha value is -2.90. The Kier molecular flexibility index (Phi) is 4.69. The number of imidazole rings is 1. The highest BCUT2D eigenvalue weighted by Gasteiger charge is 2.17. The third-order valence-corrected chi connectivity index (χ3v) is 6.25. The quantitative estimate of drug-likeness (QED) is 0.540. The monoisotopic (exact) mass is 407 g/mol. The first-order valence-electron chi connectivity index (χ1n) is 9.67. The second kappa shape index (κ2) is 7.50. The normalized spacial score (nSPS) is 16.5. The van der Waals surface area contributed by atoms with E-state index in [1.54, 1.807) is 18.4 Å². The number of benzene rings is 2.